The minimum Gasteiger partial charge on any atom is -0.438 e. The lowest BCUT2D eigenvalue weighted by molar-refractivity contribution is 0.275. The molecule has 2 aromatic rings. The number of aromatic nitrogens is 1. The van der Waals surface area contributed by atoms with Crippen molar-refractivity contribution in [3.05, 3.63) is 51.5 Å². The molecule has 0 spiro atoms. The van der Waals surface area contributed by atoms with Crippen molar-refractivity contribution in [2.45, 2.75) is 20.4 Å². The average Bonchev–Trinajstić information content (AvgIpc) is 2.72. The van der Waals surface area contributed by atoms with Crippen molar-refractivity contribution in [2.75, 3.05) is 0 Å². The van der Waals surface area contributed by atoms with Crippen LogP contribution in [0.3, 0.4) is 0 Å². The van der Waals surface area contributed by atoms with Gasteiger partial charge in [0.15, 0.2) is 0 Å². The van der Waals surface area contributed by atoms with E-state index in [0.29, 0.717) is 28.2 Å². The summed E-state index contributed by atoms with van der Waals surface area (Å²) in [4.78, 5) is 7.49. The molecule has 1 aliphatic heterocycles. The topological polar surface area (TPSA) is 55.9 Å². The molecule has 1 N–H and O–H groups in total. The summed E-state index contributed by atoms with van der Waals surface area (Å²) in [7, 11) is -1.31. The molecule has 0 amide bonds. The van der Waals surface area contributed by atoms with E-state index in [9.17, 15) is 5.02 Å². The molecule has 0 saturated heterocycles. The van der Waals surface area contributed by atoms with Gasteiger partial charge in [-0.2, -0.15) is 0 Å². The van der Waals surface area contributed by atoms with Crippen LogP contribution in [0.4, 0.5) is 5.69 Å². The summed E-state index contributed by atoms with van der Waals surface area (Å²) >= 11 is 6.10. The van der Waals surface area contributed by atoms with Gasteiger partial charge in [-0.3, -0.25) is 0 Å². The Bertz CT molecular complexity index is 886. The fourth-order valence-corrected chi connectivity index (χ4v) is 2.44. The first-order valence-corrected chi connectivity index (χ1v) is 6.84. The van der Waals surface area contributed by atoms with Gasteiger partial charge in [-0.1, -0.05) is 11.6 Å². The van der Waals surface area contributed by atoms with Crippen molar-refractivity contribution < 1.29 is 17.2 Å². The van der Waals surface area contributed by atoms with Crippen LogP contribution < -0.4 is 10.2 Å². The lowest BCUT2D eigenvalue weighted by Gasteiger charge is -2.11. The molecule has 0 bridgehead atoms. The van der Waals surface area contributed by atoms with Crippen LogP contribution in [0.25, 0.3) is 4.85 Å². The maximum atomic E-state index is 9.85. The Morgan fingerprint density at radius 2 is 2.27 bits per heavy atom. The van der Waals surface area contributed by atoms with E-state index in [2.05, 4.69) is 9.83 Å². The van der Waals surface area contributed by atoms with Crippen LogP contribution in [0.5, 0.6) is 11.6 Å². The summed E-state index contributed by atoms with van der Waals surface area (Å²) < 4.78 is 26.3. The Hall–Kier alpha value is -2.07. The zero-order valence-electron chi connectivity index (χ0n) is 13.8. The van der Waals surface area contributed by atoms with Crippen LogP contribution in [0.1, 0.15) is 19.6 Å². The molecule has 0 unspecified atom stereocenters. The molecule has 0 radical (unpaired) electrons. The first-order chi connectivity index (χ1) is 11.2. The molecule has 22 heavy (non-hydrogen) atoms. The number of benzene rings is 1. The van der Waals surface area contributed by atoms with Gasteiger partial charge in [-0.15, -0.1) is 0 Å². The van der Waals surface area contributed by atoms with Crippen molar-refractivity contribution in [1.82, 2.24) is 4.98 Å². The molecular formula is C15H12BClN2O3. The number of rotatable bonds is 2. The predicted molar refractivity (Wildman–Crippen MR) is 83.9 cm³/mol. The number of hydrogen-bond acceptors (Lipinski definition) is 4. The van der Waals surface area contributed by atoms with E-state index >= 15 is 0 Å². The van der Waals surface area contributed by atoms with Crippen LogP contribution in [0.2, 0.25) is 5.02 Å². The molecule has 0 atom stereocenters. The van der Waals surface area contributed by atoms with Gasteiger partial charge in [0.1, 0.15) is 5.75 Å². The largest absolute Gasteiger partial charge is 0.492 e. The average molecular weight is 317 g/mol. The molecule has 0 saturated carbocycles. The minimum absolute atomic E-state index is 0.126. The van der Waals surface area contributed by atoms with Gasteiger partial charge in [-0.25, -0.2) is 9.83 Å². The van der Waals surface area contributed by atoms with Crippen molar-refractivity contribution in [2.24, 2.45) is 0 Å². The van der Waals surface area contributed by atoms with Gasteiger partial charge in [-0.05, 0) is 48.6 Å². The molecule has 7 heteroatoms. The molecule has 110 valence electrons. The number of ether oxygens (including phenoxy) is 1. The monoisotopic (exact) mass is 316 g/mol. The van der Waals surface area contributed by atoms with E-state index in [4.69, 9.17) is 30.3 Å². The van der Waals surface area contributed by atoms with E-state index in [0.717, 1.165) is 0 Å². The predicted octanol–water partition coefficient (Wildman–Crippen LogP) is 2.91. The number of aryl methyl sites for hydroxylation is 2. The highest BCUT2D eigenvalue weighted by Gasteiger charge is 2.29. The summed E-state index contributed by atoms with van der Waals surface area (Å²) in [5.41, 5.74) is 2.05. The summed E-state index contributed by atoms with van der Waals surface area (Å²) in [5, 5.41) is 10.0. The SMILES string of the molecule is [2H]C1([2H])OB(O)c2c(C)cc(Oc3nc(C)c([N+]#[C-])cc3Cl)cc21. The Balaban J connectivity index is 2.03. The second-order valence-corrected chi connectivity index (χ2v) is 5.27. The lowest BCUT2D eigenvalue weighted by Crippen LogP contribution is -2.30. The number of nitrogens with zero attached hydrogens (tertiary/aromatic N) is 2. The fraction of sp³-hybridized carbons (Fsp3) is 0.200. The highest BCUT2D eigenvalue weighted by atomic mass is 35.5. The van der Waals surface area contributed by atoms with Gasteiger partial charge >= 0.3 is 7.12 Å². The van der Waals surface area contributed by atoms with Crippen LogP contribution in [0.15, 0.2) is 18.2 Å². The Kier molecular flexibility index (Phi) is 3.18. The third-order valence-corrected chi connectivity index (χ3v) is 3.60. The highest BCUT2D eigenvalue weighted by molar-refractivity contribution is 6.62. The maximum Gasteiger partial charge on any atom is 0.492 e. The van der Waals surface area contributed by atoms with E-state index in [1.54, 1.807) is 19.9 Å². The van der Waals surface area contributed by atoms with Gasteiger partial charge in [0, 0.05) is 5.69 Å². The second-order valence-electron chi connectivity index (χ2n) is 4.87. The second kappa shape index (κ2) is 5.62. The molecule has 5 nitrogen and oxygen atoms in total. The Labute approximate surface area is 136 Å². The first kappa shape index (κ1) is 12.5. The summed E-state index contributed by atoms with van der Waals surface area (Å²) in [5.74, 6) is 0.443. The molecule has 0 fully saturated rings. The van der Waals surface area contributed by atoms with Crippen molar-refractivity contribution in [1.29, 1.82) is 0 Å². The number of pyridine rings is 1. The van der Waals surface area contributed by atoms with Crippen LogP contribution in [-0.4, -0.2) is 17.1 Å². The third-order valence-electron chi connectivity index (χ3n) is 3.33. The zero-order valence-corrected chi connectivity index (χ0v) is 12.6. The van der Waals surface area contributed by atoms with Crippen LogP contribution >= 0.6 is 11.6 Å². The fourth-order valence-electron chi connectivity index (χ4n) is 2.26. The number of fused-ring (bicyclic) bond motifs is 1. The third kappa shape index (κ3) is 2.55. The molecular weight excluding hydrogens is 302 g/mol. The van der Waals surface area contributed by atoms with E-state index in [-0.39, 0.29) is 16.5 Å². The van der Waals surface area contributed by atoms with Crippen LogP contribution in [0, 0.1) is 20.4 Å². The zero-order chi connectivity index (χ0) is 17.6. The Morgan fingerprint density at radius 1 is 1.50 bits per heavy atom. The molecule has 3 rings (SSSR count). The van der Waals surface area contributed by atoms with Gasteiger partial charge in [0.05, 0.1) is 20.9 Å². The van der Waals surface area contributed by atoms with E-state index in [1.807, 2.05) is 0 Å². The van der Waals surface area contributed by atoms with E-state index < -0.39 is 13.7 Å². The molecule has 0 aliphatic carbocycles. The van der Waals surface area contributed by atoms with Gasteiger partial charge in [0.25, 0.3) is 0 Å². The minimum atomic E-state index is -2.11. The van der Waals surface area contributed by atoms with Crippen molar-refractivity contribution in [3.8, 4) is 11.6 Å². The molecule has 1 aliphatic rings. The first-order valence-electron chi connectivity index (χ1n) is 7.46. The number of hydrogen-bond donors (Lipinski definition) is 1. The van der Waals surface area contributed by atoms with Crippen molar-refractivity contribution >= 4 is 29.9 Å². The smallest absolute Gasteiger partial charge is 0.438 e. The summed E-state index contributed by atoms with van der Waals surface area (Å²) in [6, 6.07) is 4.57. The normalized spacial score (nSPS) is 16.6. The van der Waals surface area contributed by atoms with E-state index in [1.165, 1.54) is 12.1 Å². The van der Waals surface area contributed by atoms with Gasteiger partial charge < -0.3 is 14.4 Å². The highest BCUT2D eigenvalue weighted by Crippen LogP contribution is 2.33. The van der Waals surface area contributed by atoms with Crippen molar-refractivity contribution in [3.63, 3.8) is 0 Å². The van der Waals surface area contributed by atoms with Gasteiger partial charge in [0.2, 0.25) is 11.6 Å². The summed E-state index contributed by atoms with van der Waals surface area (Å²) in [6.07, 6.45) is 0. The molecule has 2 heterocycles. The van der Waals surface area contributed by atoms with Crippen LogP contribution in [-0.2, 0) is 11.2 Å². The quantitative estimate of drug-likeness (QED) is 0.684. The standard InChI is InChI=1S/C15H12BClN2O3/c1-8-4-11(5-10-7-21-16(20)14(8)10)22-15-12(17)6-13(18-3)9(2)19-15/h4-6,20H,7H2,1-2H3/i7D2. The maximum absolute atomic E-state index is 9.85. The number of halogens is 1. The molecule has 1 aromatic heterocycles. The Morgan fingerprint density at radius 3 is 3.00 bits per heavy atom. The summed E-state index contributed by atoms with van der Waals surface area (Å²) in [6.45, 7) is 8.34. The molecule has 1 aromatic carbocycles. The lowest BCUT2D eigenvalue weighted by atomic mass is 9.76.